The van der Waals surface area contributed by atoms with Gasteiger partial charge in [0.2, 0.25) is 0 Å². The maximum atomic E-state index is 11.9. The van der Waals surface area contributed by atoms with Crippen molar-refractivity contribution in [2.24, 2.45) is 0 Å². The van der Waals surface area contributed by atoms with Crippen LogP contribution in [0.5, 0.6) is 11.5 Å². The molecule has 0 aliphatic heterocycles. The van der Waals surface area contributed by atoms with Gasteiger partial charge >= 0.3 is 5.97 Å². The van der Waals surface area contributed by atoms with Crippen LogP contribution in [0.3, 0.4) is 0 Å². The van der Waals surface area contributed by atoms with E-state index in [0.29, 0.717) is 6.54 Å². The number of hydrogen-bond acceptors (Lipinski definition) is 5. The summed E-state index contributed by atoms with van der Waals surface area (Å²) in [7, 11) is 3.22. The predicted octanol–water partition coefficient (Wildman–Crippen LogP) is 2.52. The maximum absolute atomic E-state index is 11.9. The third-order valence-corrected chi connectivity index (χ3v) is 2.85. The molecule has 1 N–H and O–H groups in total. The van der Waals surface area contributed by atoms with Crippen LogP contribution < -0.4 is 14.8 Å². The highest BCUT2D eigenvalue weighted by Gasteiger charge is 2.21. The predicted molar refractivity (Wildman–Crippen MR) is 81.7 cm³/mol. The molecule has 0 saturated heterocycles. The molecule has 1 unspecified atom stereocenters. The van der Waals surface area contributed by atoms with Crippen LogP contribution in [-0.2, 0) is 16.1 Å². The molecule has 1 atom stereocenters. The minimum atomic E-state index is -0.481. The fourth-order valence-corrected chi connectivity index (χ4v) is 1.73. The summed E-state index contributed by atoms with van der Waals surface area (Å²) in [5, 5.41) is 3.14. The van der Waals surface area contributed by atoms with E-state index in [1.165, 1.54) is 0 Å². The Kier molecular flexibility index (Phi) is 6.03. The number of methoxy groups -OCH3 is 2. The minimum absolute atomic E-state index is 0.269. The van der Waals surface area contributed by atoms with Crippen molar-refractivity contribution in [3.63, 3.8) is 0 Å². The van der Waals surface area contributed by atoms with E-state index in [9.17, 15) is 4.79 Å². The fourth-order valence-electron chi connectivity index (χ4n) is 1.73. The Labute approximate surface area is 126 Å². The molecule has 0 radical (unpaired) electrons. The molecule has 0 aliphatic rings. The topological polar surface area (TPSA) is 56.8 Å². The molecule has 0 aromatic heterocycles. The van der Waals surface area contributed by atoms with Gasteiger partial charge < -0.3 is 19.5 Å². The average Bonchev–Trinajstić information content (AvgIpc) is 2.42. The third-order valence-electron chi connectivity index (χ3n) is 2.85. The summed E-state index contributed by atoms with van der Waals surface area (Å²) in [5.74, 6) is 1.18. The number of esters is 1. The summed E-state index contributed by atoms with van der Waals surface area (Å²) in [4.78, 5) is 11.9. The van der Waals surface area contributed by atoms with Crippen molar-refractivity contribution >= 4 is 5.97 Å². The SMILES string of the molecule is COc1ccc(CNC(C)C(=O)OC(C)(C)C)c(OC)c1. The van der Waals surface area contributed by atoms with E-state index >= 15 is 0 Å². The first kappa shape index (κ1) is 17.3. The minimum Gasteiger partial charge on any atom is -0.497 e. The Morgan fingerprint density at radius 3 is 2.43 bits per heavy atom. The van der Waals surface area contributed by atoms with E-state index in [4.69, 9.17) is 14.2 Å². The van der Waals surface area contributed by atoms with Crippen LogP contribution >= 0.6 is 0 Å². The zero-order valence-corrected chi connectivity index (χ0v) is 13.6. The highest BCUT2D eigenvalue weighted by atomic mass is 16.6. The Bertz CT molecular complexity index is 480. The number of nitrogens with one attached hydrogen (secondary N) is 1. The summed E-state index contributed by atoms with van der Waals surface area (Å²) >= 11 is 0. The van der Waals surface area contributed by atoms with E-state index in [-0.39, 0.29) is 5.97 Å². The lowest BCUT2D eigenvalue weighted by molar-refractivity contribution is -0.157. The van der Waals surface area contributed by atoms with Crippen LogP contribution in [0.1, 0.15) is 33.3 Å². The second kappa shape index (κ2) is 7.31. The first-order chi connectivity index (χ1) is 9.76. The molecule has 118 valence electrons. The molecule has 0 amide bonds. The molecule has 0 bridgehead atoms. The van der Waals surface area contributed by atoms with Crippen molar-refractivity contribution in [1.29, 1.82) is 0 Å². The van der Waals surface area contributed by atoms with Crippen LogP contribution in [0.4, 0.5) is 0 Å². The molecule has 5 heteroatoms. The van der Waals surface area contributed by atoms with Crippen LogP contribution in [0.25, 0.3) is 0 Å². The molecular formula is C16H25NO4. The molecule has 1 rings (SSSR count). The Hall–Kier alpha value is -1.75. The van der Waals surface area contributed by atoms with Crippen LogP contribution in [0, 0.1) is 0 Å². The second-order valence-electron chi connectivity index (χ2n) is 5.81. The number of rotatable bonds is 6. The van der Waals surface area contributed by atoms with E-state index in [1.807, 2.05) is 39.0 Å². The molecule has 21 heavy (non-hydrogen) atoms. The monoisotopic (exact) mass is 295 g/mol. The van der Waals surface area contributed by atoms with Crippen LogP contribution in [0.2, 0.25) is 0 Å². The molecule has 5 nitrogen and oxygen atoms in total. The summed E-state index contributed by atoms with van der Waals surface area (Å²) in [6, 6.07) is 5.19. The van der Waals surface area contributed by atoms with Crippen molar-refractivity contribution in [3.05, 3.63) is 23.8 Å². The highest BCUT2D eigenvalue weighted by molar-refractivity contribution is 5.75. The lowest BCUT2D eigenvalue weighted by atomic mass is 10.1. The van der Waals surface area contributed by atoms with E-state index in [1.54, 1.807) is 21.1 Å². The van der Waals surface area contributed by atoms with Crippen molar-refractivity contribution in [1.82, 2.24) is 5.32 Å². The number of ether oxygens (including phenoxy) is 3. The number of carbonyl (C=O) groups excluding carboxylic acids is 1. The molecule has 0 fully saturated rings. The standard InChI is InChI=1S/C16H25NO4/c1-11(15(18)21-16(2,3)4)17-10-12-7-8-13(19-5)9-14(12)20-6/h7-9,11,17H,10H2,1-6H3. The molecule has 0 spiro atoms. The molecule has 0 heterocycles. The van der Waals surface area contributed by atoms with Gasteiger partial charge in [-0.2, -0.15) is 0 Å². The molecule has 1 aromatic carbocycles. The van der Waals surface area contributed by atoms with E-state index in [2.05, 4.69) is 5.32 Å². The number of carbonyl (C=O) groups is 1. The smallest absolute Gasteiger partial charge is 0.323 e. The summed E-state index contributed by atoms with van der Waals surface area (Å²) < 4.78 is 15.8. The van der Waals surface area contributed by atoms with Crippen LogP contribution in [-0.4, -0.2) is 31.8 Å². The Morgan fingerprint density at radius 2 is 1.90 bits per heavy atom. The van der Waals surface area contributed by atoms with Gasteiger partial charge in [0.1, 0.15) is 23.1 Å². The molecule has 0 saturated carbocycles. The van der Waals surface area contributed by atoms with Gasteiger partial charge in [0.15, 0.2) is 0 Å². The molecular weight excluding hydrogens is 270 g/mol. The quantitative estimate of drug-likeness (QED) is 0.817. The van der Waals surface area contributed by atoms with E-state index < -0.39 is 11.6 Å². The average molecular weight is 295 g/mol. The van der Waals surface area contributed by atoms with Gasteiger partial charge in [0.25, 0.3) is 0 Å². The zero-order chi connectivity index (χ0) is 16.0. The zero-order valence-electron chi connectivity index (χ0n) is 13.6. The van der Waals surface area contributed by atoms with Crippen molar-refractivity contribution in [2.45, 2.75) is 45.9 Å². The fraction of sp³-hybridized carbons (Fsp3) is 0.562. The van der Waals surface area contributed by atoms with Gasteiger partial charge in [-0.05, 0) is 33.8 Å². The lowest BCUT2D eigenvalue weighted by Gasteiger charge is -2.23. The summed E-state index contributed by atoms with van der Waals surface area (Å²) in [5.41, 5.74) is 0.471. The van der Waals surface area contributed by atoms with Gasteiger partial charge in [-0.25, -0.2) is 0 Å². The molecule has 0 aliphatic carbocycles. The van der Waals surface area contributed by atoms with Crippen molar-refractivity contribution < 1.29 is 19.0 Å². The van der Waals surface area contributed by atoms with Gasteiger partial charge in [-0.15, -0.1) is 0 Å². The van der Waals surface area contributed by atoms with Gasteiger partial charge in [-0.1, -0.05) is 6.07 Å². The van der Waals surface area contributed by atoms with Crippen LogP contribution in [0.15, 0.2) is 18.2 Å². The van der Waals surface area contributed by atoms with Crippen molar-refractivity contribution in [2.75, 3.05) is 14.2 Å². The first-order valence-electron chi connectivity index (χ1n) is 6.94. The lowest BCUT2D eigenvalue weighted by Crippen LogP contribution is -2.38. The normalized spacial score (nSPS) is 12.7. The van der Waals surface area contributed by atoms with Gasteiger partial charge in [0, 0.05) is 18.2 Å². The largest absolute Gasteiger partial charge is 0.497 e. The molecule has 1 aromatic rings. The third kappa shape index (κ3) is 5.63. The first-order valence-corrected chi connectivity index (χ1v) is 6.94. The number of benzene rings is 1. The van der Waals surface area contributed by atoms with E-state index in [0.717, 1.165) is 17.1 Å². The maximum Gasteiger partial charge on any atom is 0.323 e. The Balaban J connectivity index is 2.64. The van der Waals surface area contributed by atoms with Gasteiger partial charge in [-0.3, -0.25) is 4.79 Å². The van der Waals surface area contributed by atoms with Crippen molar-refractivity contribution in [3.8, 4) is 11.5 Å². The highest BCUT2D eigenvalue weighted by Crippen LogP contribution is 2.24. The summed E-state index contributed by atoms with van der Waals surface area (Å²) in [6.45, 7) is 7.84. The second-order valence-corrected chi connectivity index (χ2v) is 5.81. The Morgan fingerprint density at radius 1 is 1.24 bits per heavy atom. The number of hydrogen-bond donors (Lipinski definition) is 1. The summed E-state index contributed by atoms with van der Waals surface area (Å²) in [6.07, 6.45) is 0. The van der Waals surface area contributed by atoms with Gasteiger partial charge in [0.05, 0.1) is 14.2 Å².